The highest BCUT2D eigenvalue weighted by atomic mass is 28.2. The van der Waals surface area contributed by atoms with Crippen molar-refractivity contribution in [2.75, 3.05) is 0 Å². The second-order valence-corrected chi connectivity index (χ2v) is 9.69. The third-order valence-electron chi connectivity index (χ3n) is 5.21. The van der Waals surface area contributed by atoms with Crippen molar-refractivity contribution in [2.24, 2.45) is 7.05 Å². The van der Waals surface area contributed by atoms with Crippen LogP contribution in [0.3, 0.4) is 0 Å². The van der Waals surface area contributed by atoms with Crippen molar-refractivity contribution in [2.45, 2.75) is 45.3 Å². The average Bonchev–Trinajstić information content (AvgIpc) is 2.69. The van der Waals surface area contributed by atoms with E-state index in [-0.39, 0.29) is 20.7 Å². The van der Waals surface area contributed by atoms with Gasteiger partial charge >= 0.3 is 0 Å². The predicted molar refractivity (Wildman–Crippen MR) is 118 cm³/mol. The molecule has 148 valence electrons. The number of aromatic nitrogens is 1. The van der Waals surface area contributed by atoms with Gasteiger partial charge in [0.1, 0.15) is 22.0 Å². The molecule has 4 nitrogen and oxygen atoms in total. The van der Waals surface area contributed by atoms with Crippen molar-refractivity contribution < 1.29 is 4.74 Å². The summed E-state index contributed by atoms with van der Waals surface area (Å²) in [5, 5.41) is 0. The lowest BCUT2D eigenvalue weighted by Crippen LogP contribution is -2.32. The summed E-state index contributed by atoms with van der Waals surface area (Å²) < 4.78 is 7.85. The zero-order valence-corrected chi connectivity index (χ0v) is 18.7. The molecule has 2 aromatic rings. The molecule has 0 saturated carbocycles. The Morgan fingerprint density at radius 3 is 2.71 bits per heavy atom. The molecule has 0 radical (unpaired) electrons. The quantitative estimate of drug-likeness (QED) is 0.732. The van der Waals surface area contributed by atoms with Crippen molar-refractivity contribution in [1.29, 1.82) is 0 Å². The van der Waals surface area contributed by atoms with Crippen LogP contribution in [0.4, 0.5) is 0 Å². The van der Waals surface area contributed by atoms with Gasteiger partial charge in [0.15, 0.2) is 0 Å². The Labute approximate surface area is 169 Å². The van der Waals surface area contributed by atoms with Gasteiger partial charge in [-0.3, -0.25) is 4.79 Å². The summed E-state index contributed by atoms with van der Waals surface area (Å²) in [6, 6.07) is 13.4. The van der Waals surface area contributed by atoms with Gasteiger partial charge in [-0.25, -0.2) is 0 Å². The van der Waals surface area contributed by atoms with Gasteiger partial charge in [0.25, 0.3) is 5.56 Å². The highest BCUT2D eigenvalue weighted by molar-refractivity contribution is 6.32. The van der Waals surface area contributed by atoms with Crippen LogP contribution in [0.2, 0.25) is 6.04 Å². The second-order valence-electron chi connectivity index (χ2n) is 7.84. The number of hydrogen-bond donors (Lipinski definition) is 1. The number of allylic oxidation sites excluding steroid dienone is 3. The number of nitrogens with one attached hydrogen (secondary N) is 1. The fraction of sp³-hybridized carbons (Fsp3) is 0.348. The van der Waals surface area contributed by atoms with Crippen molar-refractivity contribution in [3.8, 4) is 0 Å². The smallest absolute Gasteiger partial charge is 0.253 e. The zero-order chi connectivity index (χ0) is 20.1. The van der Waals surface area contributed by atoms with Crippen molar-refractivity contribution in [1.82, 2.24) is 9.55 Å². The molecule has 3 rings (SSSR count). The van der Waals surface area contributed by atoms with Gasteiger partial charge in [-0.2, -0.15) is 0 Å². The summed E-state index contributed by atoms with van der Waals surface area (Å²) in [7, 11) is 1.50. The van der Waals surface area contributed by atoms with Gasteiger partial charge in [-0.15, -0.1) is 0 Å². The highest BCUT2D eigenvalue weighted by Gasteiger charge is 2.31. The summed E-state index contributed by atoms with van der Waals surface area (Å²) in [5.74, 6) is 0.886. The number of nitrogens with zero attached hydrogens (tertiary/aromatic N) is 1. The molecule has 1 unspecified atom stereocenters. The molecule has 0 aliphatic heterocycles. The summed E-state index contributed by atoms with van der Waals surface area (Å²) in [5.41, 5.74) is 4.13. The number of aryl methyl sites for hydroxylation is 2. The lowest BCUT2D eigenvalue weighted by atomic mass is 9.76. The van der Waals surface area contributed by atoms with E-state index in [0.29, 0.717) is 6.61 Å². The van der Waals surface area contributed by atoms with E-state index >= 15 is 0 Å². The number of benzene rings is 1. The molecule has 28 heavy (non-hydrogen) atoms. The van der Waals surface area contributed by atoms with Gasteiger partial charge in [0.05, 0.1) is 0 Å². The minimum Gasteiger partial charge on any atom is -0.489 e. The van der Waals surface area contributed by atoms with E-state index in [1.54, 1.807) is 4.57 Å². The van der Waals surface area contributed by atoms with Crippen LogP contribution in [0.25, 0.3) is 0 Å². The van der Waals surface area contributed by atoms with E-state index in [9.17, 15) is 4.79 Å². The van der Waals surface area contributed by atoms with Gasteiger partial charge in [-0.1, -0.05) is 44.2 Å². The molecule has 1 aromatic carbocycles. The minimum absolute atomic E-state index is 0.0555. The molecule has 0 fully saturated rings. The Morgan fingerprint density at radius 1 is 1.29 bits per heavy atom. The molecule has 1 atom stereocenters. The maximum Gasteiger partial charge on any atom is 0.253 e. The molecular formula is C23H30N2O2Si. The van der Waals surface area contributed by atoms with Gasteiger partial charge in [0.2, 0.25) is 0 Å². The van der Waals surface area contributed by atoms with Gasteiger partial charge < -0.3 is 14.3 Å². The third kappa shape index (κ3) is 4.65. The summed E-state index contributed by atoms with van der Waals surface area (Å²) >= 11 is 0. The maximum absolute atomic E-state index is 12.1. The lowest BCUT2D eigenvalue weighted by Gasteiger charge is -2.33. The summed E-state index contributed by atoms with van der Waals surface area (Å²) in [4.78, 5) is 15.8. The van der Waals surface area contributed by atoms with Crippen LogP contribution in [0, 0.1) is 6.92 Å². The number of pyridine rings is 1. The number of rotatable bonds is 7. The average molecular weight is 395 g/mol. The van der Waals surface area contributed by atoms with Crippen LogP contribution in [-0.2, 0) is 23.8 Å². The Bertz CT molecular complexity index is 921. The van der Waals surface area contributed by atoms with E-state index in [2.05, 4.69) is 43.1 Å². The molecule has 1 aliphatic rings. The molecule has 0 bridgehead atoms. The second kappa shape index (κ2) is 8.65. The molecule has 0 spiro atoms. The first-order chi connectivity index (χ1) is 13.4. The first-order valence-corrected chi connectivity index (χ1v) is 11.6. The first kappa shape index (κ1) is 20.2. The molecule has 0 amide bonds. The normalized spacial score (nSPS) is 19.4. The third-order valence-corrected chi connectivity index (χ3v) is 6.41. The molecule has 5 heteroatoms. The summed E-state index contributed by atoms with van der Waals surface area (Å²) in [6.07, 6.45) is 7.19. The predicted octanol–water partition coefficient (Wildman–Crippen LogP) is 3.45. The van der Waals surface area contributed by atoms with E-state index in [4.69, 9.17) is 4.74 Å². The van der Waals surface area contributed by atoms with Crippen molar-refractivity contribution in [3.63, 3.8) is 0 Å². The molecule has 1 aromatic heterocycles. The lowest BCUT2D eigenvalue weighted by molar-refractivity contribution is 0.204. The van der Waals surface area contributed by atoms with Crippen molar-refractivity contribution >= 4 is 9.68 Å². The van der Waals surface area contributed by atoms with Gasteiger partial charge in [-0.05, 0) is 48.7 Å². The maximum atomic E-state index is 12.1. The Kier molecular flexibility index (Phi) is 6.24. The van der Waals surface area contributed by atoms with E-state index < -0.39 is 0 Å². The van der Waals surface area contributed by atoms with Crippen LogP contribution in [-0.4, -0.2) is 14.2 Å². The van der Waals surface area contributed by atoms with Crippen LogP contribution in [0.15, 0.2) is 71.0 Å². The monoisotopic (exact) mass is 394 g/mol. The molecule has 1 heterocycles. The zero-order valence-electron chi connectivity index (χ0n) is 17.3. The van der Waals surface area contributed by atoms with Crippen LogP contribution < -0.4 is 10.5 Å². The van der Waals surface area contributed by atoms with Crippen LogP contribution in [0.5, 0.6) is 0 Å². The summed E-state index contributed by atoms with van der Waals surface area (Å²) in [6.45, 7) is 6.87. The van der Waals surface area contributed by atoms with E-state index in [1.165, 1.54) is 11.7 Å². The van der Waals surface area contributed by atoms with Crippen LogP contribution >= 0.6 is 0 Å². The largest absolute Gasteiger partial charge is 0.489 e. The molecule has 0 saturated heterocycles. The molecular weight excluding hydrogens is 364 g/mol. The first-order valence-electron chi connectivity index (χ1n) is 9.93. The number of ether oxygens (including phenoxy) is 1. The number of hydrogen-bond acceptors (Lipinski definition) is 3. The SMILES string of the molecule is CC[SiH2]NC1=CC(OCc2ccccc2)=CC(C)(c2cc(C)c(=O)n(C)c2)C1. The Balaban J connectivity index is 1.92. The standard InChI is InChI=1S/C23H30N2O2Si/c1-5-28-24-20-12-21(27-16-18-9-7-6-8-10-18)14-23(3,13-20)19-11-17(2)22(26)25(4)15-19/h6-12,14-15,24H,5,13,16,28H2,1-4H3. The molecule has 1 N–H and O–H groups in total. The molecule has 1 aliphatic carbocycles. The Hall–Kier alpha value is -2.53. The minimum atomic E-state index is -0.317. The van der Waals surface area contributed by atoms with Gasteiger partial charge in [0, 0.05) is 29.9 Å². The fourth-order valence-corrected chi connectivity index (χ4v) is 4.42. The van der Waals surface area contributed by atoms with E-state index in [0.717, 1.165) is 28.9 Å². The van der Waals surface area contributed by atoms with E-state index in [1.807, 2.05) is 44.4 Å². The fourth-order valence-electron chi connectivity index (χ4n) is 3.62. The Morgan fingerprint density at radius 2 is 2.04 bits per heavy atom. The van der Waals surface area contributed by atoms with Crippen LogP contribution in [0.1, 0.15) is 37.0 Å². The highest BCUT2D eigenvalue weighted by Crippen LogP contribution is 2.37. The topological polar surface area (TPSA) is 43.3 Å². The van der Waals surface area contributed by atoms with Crippen molar-refractivity contribution in [3.05, 3.63) is 93.2 Å².